The van der Waals surface area contributed by atoms with Crippen LogP contribution in [0.5, 0.6) is 11.5 Å². The molecule has 1 N–H and O–H groups in total. The van der Waals surface area contributed by atoms with Crippen molar-refractivity contribution >= 4 is 16.6 Å². The monoisotopic (exact) mass is 356 g/mol. The maximum absolute atomic E-state index is 5.53. The number of aryl methyl sites for hydroxylation is 1. The molecule has 142 valence electrons. The van der Waals surface area contributed by atoms with Crippen LogP contribution in [-0.2, 0) is 12.8 Å². The second kappa shape index (κ2) is 9.11. The van der Waals surface area contributed by atoms with Crippen molar-refractivity contribution in [3.63, 3.8) is 0 Å². The first-order valence-corrected chi connectivity index (χ1v) is 10.1. The third-order valence-corrected chi connectivity index (χ3v) is 5.35. The van der Waals surface area contributed by atoms with Crippen LogP contribution >= 0.6 is 0 Å². The smallest absolute Gasteiger partial charge is 0.162 e. The number of aromatic nitrogens is 1. The average Bonchev–Trinajstić information content (AvgIpc) is 2.68. The SMILES string of the molecule is CCCCCCCNc1c2c(nc3cc(OC)c(OC)cc13)CCCC2. The highest BCUT2D eigenvalue weighted by Gasteiger charge is 2.19. The van der Waals surface area contributed by atoms with E-state index < -0.39 is 0 Å². The van der Waals surface area contributed by atoms with Gasteiger partial charge in [-0.1, -0.05) is 32.6 Å². The lowest BCUT2D eigenvalue weighted by Crippen LogP contribution is -2.12. The molecule has 1 aromatic heterocycles. The molecule has 0 amide bonds. The maximum atomic E-state index is 5.53. The molecule has 1 aliphatic rings. The average molecular weight is 357 g/mol. The Kier molecular flexibility index (Phi) is 6.59. The van der Waals surface area contributed by atoms with E-state index >= 15 is 0 Å². The number of methoxy groups -OCH3 is 2. The second-order valence-corrected chi connectivity index (χ2v) is 7.18. The summed E-state index contributed by atoms with van der Waals surface area (Å²) in [6, 6.07) is 4.09. The Bertz CT molecular complexity index is 737. The predicted molar refractivity (Wildman–Crippen MR) is 109 cm³/mol. The molecule has 4 heteroatoms. The van der Waals surface area contributed by atoms with E-state index in [4.69, 9.17) is 14.5 Å². The van der Waals surface area contributed by atoms with Crippen molar-refractivity contribution in [2.24, 2.45) is 0 Å². The number of benzene rings is 1. The number of pyridine rings is 1. The third-order valence-electron chi connectivity index (χ3n) is 5.35. The first-order valence-electron chi connectivity index (χ1n) is 10.1. The minimum Gasteiger partial charge on any atom is -0.493 e. The minimum absolute atomic E-state index is 0.744. The molecular weight excluding hydrogens is 324 g/mol. The van der Waals surface area contributed by atoms with E-state index in [1.54, 1.807) is 14.2 Å². The van der Waals surface area contributed by atoms with Crippen LogP contribution in [0.4, 0.5) is 5.69 Å². The number of ether oxygens (including phenoxy) is 2. The molecule has 0 spiro atoms. The standard InChI is InChI=1S/C22H32N2O2/c1-4-5-6-7-10-13-23-22-16-11-8-9-12-18(16)24-19-15-21(26-3)20(25-2)14-17(19)22/h14-15H,4-13H2,1-3H3,(H,23,24). The number of anilines is 1. The number of nitrogens with one attached hydrogen (secondary N) is 1. The molecule has 0 aliphatic heterocycles. The van der Waals surface area contributed by atoms with E-state index in [0.717, 1.165) is 41.8 Å². The first kappa shape index (κ1) is 18.8. The summed E-state index contributed by atoms with van der Waals surface area (Å²) in [6.45, 7) is 3.28. The molecular formula is C22H32N2O2. The van der Waals surface area contributed by atoms with Crippen molar-refractivity contribution in [2.75, 3.05) is 26.1 Å². The van der Waals surface area contributed by atoms with Gasteiger partial charge in [-0.05, 0) is 43.7 Å². The Labute approximate surface area is 157 Å². The fourth-order valence-electron chi connectivity index (χ4n) is 3.89. The molecule has 0 unspecified atom stereocenters. The van der Waals surface area contributed by atoms with Crippen LogP contribution in [0.25, 0.3) is 10.9 Å². The van der Waals surface area contributed by atoms with Gasteiger partial charge in [-0.25, -0.2) is 0 Å². The lowest BCUT2D eigenvalue weighted by molar-refractivity contribution is 0.356. The van der Waals surface area contributed by atoms with Crippen LogP contribution in [0.2, 0.25) is 0 Å². The Balaban J connectivity index is 1.92. The van der Waals surface area contributed by atoms with Gasteiger partial charge in [0.05, 0.1) is 19.7 Å². The summed E-state index contributed by atoms with van der Waals surface area (Å²) in [5.41, 5.74) is 4.92. The molecule has 0 radical (unpaired) electrons. The molecule has 0 atom stereocenters. The van der Waals surface area contributed by atoms with E-state index in [-0.39, 0.29) is 0 Å². The zero-order valence-corrected chi connectivity index (χ0v) is 16.5. The quantitative estimate of drug-likeness (QED) is 0.601. The molecule has 1 aliphatic carbocycles. The lowest BCUT2D eigenvalue weighted by Gasteiger charge is -2.22. The second-order valence-electron chi connectivity index (χ2n) is 7.18. The topological polar surface area (TPSA) is 43.4 Å². The van der Waals surface area contributed by atoms with Crippen LogP contribution in [0.3, 0.4) is 0 Å². The minimum atomic E-state index is 0.744. The van der Waals surface area contributed by atoms with Crippen LogP contribution in [0.1, 0.15) is 63.1 Å². The van der Waals surface area contributed by atoms with Crippen LogP contribution in [-0.4, -0.2) is 25.7 Å². The molecule has 4 nitrogen and oxygen atoms in total. The fraction of sp³-hybridized carbons (Fsp3) is 0.591. The molecule has 1 heterocycles. The Morgan fingerprint density at radius 1 is 0.962 bits per heavy atom. The number of rotatable bonds is 9. The molecule has 0 bridgehead atoms. The van der Waals surface area contributed by atoms with Crippen molar-refractivity contribution in [3.05, 3.63) is 23.4 Å². The van der Waals surface area contributed by atoms with Crippen LogP contribution in [0.15, 0.2) is 12.1 Å². The van der Waals surface area contributed by atoms with Gasteiger partial charge in [0.2, 0.25) is 0 Å². The zero-order chi connectivity index (χ0) is 18.4. The third kappa shape index (κ3) is 4.05. The van der Waals surface area contributed by atoms with Crippen molar-refractivity contribution in [1.29, 1.82) is 0 Å². The van der Waals surface area contributed by atoms with E-state index in [1.165, 1.54) is 61.9 Å². The molecule has 3 rings (SSSR count). The number of hydrogen-bond acceptors (Lipinski definition) is 4. The van der Waals surface area contributed by atoms with Gasteiger partial charge in [0.25, 0.3) is 0 Å². The maximum Gasteiger partial charge on any atom is 0.162 e. The van der Waals surface area contributed by atoms with Crippen molar-refractivity contribution in [1.82, 2.24) is 4.98 Å². The number of fused-ring (bicyclic) bond motifs is 2. The number of unbranched alkanes of at least 4 members (excludes halogenated alkanes) is 4. The molecule has 26 heavy (non-hydrogen) atoms. The van der Waals surface area contributed by atoms with Gasteiger partial charge in [0.15, 0.2) is 11.5 Å². The lowest BCUT2D eigenvalue weighted by atomic mass is 9.92. The molecule has 0 saturated heterocycles. The molecule has 0 saturated carbocycles. The van der Waals surface area contributed by atoms with Gasteiger partial charge < -0.3 is 14.8 Å². The van der Waals surface area contributed by atoms with Crippen molar-refractivity contribution in [3.8, 4) is 11.5 Å². The van der Waals surface area contributed by atoms with E-state index in [1.807, 2.05) is 6.07 Å². The summed E-state index contributed by atoms with van der Waals surface area (Å²) < 4.78 is 11.0. The Morgan fingerprint density at radius 3 is 2.46 bits per heavy atom. The fourth-order valence-corrected chi connectivity index (χ4v) is 3.89. The summed E-state index contributed by atoms with van der Waals surface area (Å²) in [4.78, 5) is 4.95. The Morgan fingerprint density at radius 2 is 1.69 bits per heavy atom. The highest BCUT2D eigenvalue weighted by molar-refractivity contribution is 5.95. The summed E-state index contributed by atoms with van der Waals surface area (Å²) in [5, 5.41) is 4.90. The zero-order valence-electron chi connectivity index (χ0n) is 16.5. The largest absolute Gasteiger partial charge is 0.493 e. The van der Waals surface area contributed by atoms with Gasteiger partial charge >= 0.3 is 0 Å². The highest BCUT2D eigenvalue weighted by Crippen LogP contribution is 2.39. The van der Waals surface area contributed by atoms with Gasteiger partial charge in [0.1, 0.15) is 0 Å². The first-order chi connectivity index (χ1) is 12.8. The van der Waals surface area contributed by atoms with Gasteiger partial charge in [0, 0.05) is 29.4 Å². The molecule has 1 aromatic carbocycles. The number of nitrogens with zero attached hydrogens (tertiary/aromatic N) is 1. The van der Waals surface area contributed by atoms with Crippen LogP contribution < -0.4 is 14.8 Å². The van der Waals surface area contributed by atoms with Crippen molar-refractivity contribution in [2.45, 2.75) is 64.7 Å². The normalized spacial score (nSPS) is 13.5. The van der Waals surface area contributed by atoms with Crippen LogP contribution in [0, 0.1) is 0 Å². The highest BCUT2D eigenvalue weighted by atomic mass is 16.5. The molecule has 0 fully saturated rings. The van der Waals surface area contributed by atoms with Gasteiger partial charge in [-0.15, -0.1) is 0 Å². The van der Waals surface area contributed by atoms with Gasteiger partial charge in [-0.3, -0.25) is 4.98 Å². The van der Waals surface area contributed by atoms with E-state index in [2.05, 4.69) is 18.3 Å². The van der Waals surface area contributed by atoms with Crippen molar-refractivity contribution < 1.29 is 9.47 Å². The van der Waals surface area contributed by atoms with E-state index in [9.17, 15) is 0 Å². The van der Waals surface area contributed by atoms with Gasteiger partial charge in [-0.2, -0.15) is 0 Å². The predicted octanol–water partition coefficient (Wildman–Crippen LogP) is 5.51. The Hall–Kier alpha value is -1.97. The summed E-state index contributed by atoms with van der Waals surface area (Å²) in [6.07, 6.45) is 11.1. The number of hydrogen-bond donors (Lipinski definition) is 1. The van der Waals surface area contributed by atoms with E-state index in [0.29, 0.717) is 0 Å². The summed E-state index contributed by atoms with van der Waals surface area (Å²) >= 11 is 0. The molecule has 2 aromatic rings. The summed E-state index contributed by atoms with van der Waals surface area (Å²) in [7, 11) is 3.37. The summed E-state index contributed by atoms with van der Waals surface area (Å²) in [5.74, 6) is 1.51.